The molecule has 0 bridgehead atoms. The maximum absolute atomic E-state index is 12.2. The van der Waals surface area contributed by atoms with Crippen LogP contribution in [0.5, 0.6) is 0 Å². The van der Waals surface area contributed by atoms with Gasteiger partial charge in [-0.05, 0) is 51.1 Å². The molecule has 0 saturated carbocycles. The first kappa shape index (κ1) is 14.6. The highest BCUT2D eigenvalue weighted by molar-refractivity contribution is 7.99. The molecule has 0 aliphatic carbocycles. The van der Waals surface area contributed by atoms with Crippen molar-refractivity contribution in [1.29, 1.82) is 0 Å². The molecule has 2 nitrogen and oxygen atoms in total. The molecular formula is C14H20F2N2S. The number of likely N-dealkylation sites (tertiary alicyclic amines) is 1. The van der Waals surface area contributed by atoms with Crippen molar-refractivity contribution < 1.29 is 8.78 Å². The van der Waals surface area contributed by atoms with Gasteiger partial charge in [-0.25, -0.2) is 0 Å². The van der Waals surface area contributed by atoms with Gasteiger partial charge in [-0.2, -0.15) is 8.78 Å². The zero-order chi connectivity index (χ0) is 13.8. The molecule has 1 N–H and O–H groups in total. The highest BCUT2D eigenvalue weighted by Gasteiger charge is 2.22. The van der Waals surface area contributed by atoms with Gasteiger partial charge in [-0.3, -0.25) is 0 Å². The van der Waals surface area contributed by atoms with E-state index in [0.29, 0.717) is 28.7 Å². The Kier molecular flexibility index (Phi) is 5.05. The van der Waals surface area contributed by atoms with E-state index in [0.717, 1.165) is 25.1 Å². The third-order valence-electron chi connectivity index (χ3n) is 3.66. The van der Waals surface area contributed by atoms with E-state index in [9.17, 15) is 8.78 Å². The minimum Gasteiger partial charge on any atom is -0.382 e. The fourth-order valence-electron chi connectivity index (χ4n) is 2.39. The molecule has 5 heteroatoms. The van der Waals surface area contributed by atoms with Crippen LogP contribution in [0.1, 0.15) is 19.8 Å². The summed E-state index contributed by atoms with van der Waals surface area (Å²) in [6.45, 7) is 3.33. The number of anilines is 1. The van der Waals surface area contributed by atoms with E-state index in [1.54, 1.807) is 12.1 Å². The van der Waals surface area contributed by atoms with Gasteiger partial charge >= 0.3 is 0 Å². The van der Waals surface area contributed by atoms with Crippen LogP contribution in [0.3, 0.4) is 0 Å². The second kappa shape index (κ2) is 6.57. The molecule has 0 aromatic heterocycles. The number of benzene rings is 1. The molecule has 1 aliphatic rings. The lowest BCUT2D eigenvalue weighted by molar-refractivity contribution is 0.190. The van der Waals surface area contributed by atoms with Gasteiger partial charge in [0.1, 0.15) is 0 Å². The predicted molar refractivity (Wildman–Crippen MR) is 77.0 cm³/mol. The van der Waals surface area contributed by atoms with Crippen molar-refractivity contribution >= 4 is 17.4 Å². The summed E-state index contributed by atoms with van der Waals surface area (Å²) < 4.78 is 24.4. The molecule has 19 heavy (non-hydrogen) atoms. The topological polar surface area (TPSA) is 15.3 Å². The first-order valence-corrected chi connectivity index (χ1v) is 7.44. The molecule has 1 aromatic rings. The molecule has 1 aliphatic heterocycles. The van der Waals surface area contributed by atoms with Crippen molar-refractivity contribution in [3.8, 4) is 0 Å². The molecule has 2 rings (SSSR count). The Morgan fingerprint density at radius 2 is 2.00 bits per heavy atom. The Balaban J connectivity index is 1.89. The summed E-state index contributed by atoms with van der Waals surface area (Å²) in [7, 11) is 2.15. The van der Waals surface area contributed by atoms with Crippen LogP contribution in [0.2, 0.25) is 0 Å². The van der Waals surface area contributed by atoms with Crippen molar-refractivity contribution in [2.45, 2.75) is 42.5 Å². The molecular weight excluding hydrogens is 266 g/mol. The van der Waals surface area contributed by atoms with Gasteiger partial charge in [0.05, 0.1) is 0 Å². The summed E-state index contributed by atoms with van der Waals surface area (Å²) in [5, 5.41) is 3.49. The van der Waals surface area contributed by atoms with Crippen molar-refractivity contribution in [2.75, 3.05) is 18.9 Å². The summed E-state index contributed by atoms with van der Waals surface area (Å²) in [5.74, 6) is -2.35. The highest BCUT2D eigenvalue weighted by atomic mass is 32.2. The van der Waals surface area contributed by atoms with Crippen LogP contribution < -0.4 is 5.32 Å². The largest absolute Gasteiger partial charge is 0.382 e. The number of halogens is 2. The quantitative estimate of drug-likeness (QED) is 0.845. The Hall–Kier alpha value is -0.810. The van der Waals surface area contributed by atoms with Crippen LogP contribution in [0.15, 0.2) is 29.2 Å². The van der Waals surface area contributed by atoms with Crippen molar-refractivity contribution in [3.05, 3.63) is 24.3 Å². The average molecular weight is 286 g/mol. The standard InChI is InChI=1S/C14H20F2N2S/c1-10-9-12(7-8-18(10)2)17-11-3-5-13(6-4-11)19-14(15)16/h3-6,10,12,14,17H,7-9H2,1-2H3. The van der Waals surface area contributed by atoms with Gasteiger partial charge in [0.2, 0.25) is 0 Å². The highest BCUT2D eigenvalue weighted by Crippen LogP contribution is 2.27. The van der Waals surface area contributed by atoms with Gasteiger partial charge in [0.15, 0.2) is 0 Å². The van der Waals surface area contributed by atoms with Crippen molar-refractivity contribution in [2.24, 2.45) is 0 Å². The van der Waals surface area contributed by atoms with E-state index in [-0.39, 0.29) is 0 Å². The number of rotatable bonds is 4. The van der Waals surface area contributed by atoms with Gasteiger partial charge in [0.25, 0.3) is 5.76 Å². The van der Waals surface area contributed by atoms with Crippen LogP contribution in [-0.2, 0) is 0 Å². The summed E-state index contributed by atoms with van der Waals surface area (Å²) >= 11 is 0.586. The lowest BCUT2D eigenvalue weighted by Gasteiger charge is -2.35. The van der Waals surface area contributed by atoms with E-state index in [2.05, 4.69) is 24.2 Å². The summed E-state index contributed by atoms with van der Waals surface area (Å²) in [4.78, 5) is 2.97. The van der Waals surface area contributed by atoms with Crippen LogP contribution >= 0.6 is 11.8 Å². The lowest BCUT2D eigenvalue weighted by atomic mass is 9.99. The number of thioether (sulfide) groups is 1. The number of hydrogen-bond acceptors (Lipinski definition) is 3. The third-order valence-corrected chi connectivity index (χ3v) is 4.38. The maximum Gasteiger partial charge on any atom is 0.288 e. The summed E-state index contributed by atoms with van der Waals surface area (Å²) in [5.41, 5.74) is 1.01. The fraction of sp³-hybridized carbons (Fsp3) is 0.571. The van der Waals surface area contributed by atoms with E-state index in [1.807, 2.05) is 12.1 Å². The van der Waals surface area contributed by atoms with Crippen LogP contribution in [-0.4, -0.2) is 36.3 Å². The minimum absolute atomic E-state index is 0.472. The predicted octanol–water partition coefficient (Wildman–Crippen LogP) is 3.90. The number of nitrogens with zero attached hydrogens (tertiary/aromatic N) is 1. The van der Waals surface area contributed by atoms with Crippen LogP contribution in [0.25, 0.3) is 0 Å². The van der Waals surface area contributed by atoms with Crippen molar-refractivity contribution in [1.82, 2.24) is 4.90 Å². The van der Waals surface area contributed by atoms with E-state index in [4.69, 9.17) is 0 Å². The van der Waals surface area contributed by atoms with Gasteiger partial charge in [0, 0.05) is 29.2 Å². The molecule has 1 fully saturated rings. The van der Waals surface area contributed by atoms with Crippen LogP contribution in [0.4, 0.5) is 14.5 Å². The first-order chi connectivity index (χ1) is 9.04. The van der Waals surface area contributed by atoms with Gasteiger partial charge < -0.3 is 10.2 Å². The Morgan fingerprint density at radius 1 is 1.32 bits per heavy atom. The Bertz CT molecular complexity index is 397. The zero-order valence-corrected chi connectivity index (χ0v) is 12.1. The normalized spacial score (nSPS) is 24.7. The van der Waals surface area contributed by atoms with Crippen LogP contribution in [0, 0.1) is 0 Å². The third kappa shape index (κ3) is 4.35. The molecule has 0 spiro atoms. The van der Waals surface area contributed by atoms with Gasteiger partial charge in [-0.15, -0.1) is 0 Å². The molecule has 106 valence electrons. The SMILES string of the molecule is CC1CC(Nc2ccc(SC(F)F)cc2)CCN1C. The van der Waals surface area contributed by atoms with E-state index in [1.165, 1.54) is 0 Å². The number of hydrogen-bond donors (Lipinski definition) is 1. The van der Waals surface area contributed by atoms with E-state index >= 15 is 0 Å². The molecule has 0 radical (unpaired) electrons. The molecule has 2 unspecified atom stereocenters. The molecule has 2 atom stereocenters. The van der Waals surface area contributed by atoms with E-state index < -0.39 is 5.76 Å². The number of nitrogens with one attached hydrogen (secondary N) is 1. The van der Waals surface area contributed by atoms with Crippen molar-refractivity contribution in [3.63, 3.8) is 0 Å². The Labute approximate surface area is 117 Å². The summed E-state index contributed by atoms with van der Waals surface area (Å²) in [6, 6.07) is 8.32. The smallest absolute Gasteiger partial charge is 0.288 e. The minimum atomic E-state index is -2.35. The zero-order valence-electron chi connectivity index (χ0n) is 11.3. The molecule has 1 aromatic carbocycles. The molecule has 1 heterocycles. The van der Waals surface area contributed by atoms with Gasteiger partial charge in [-0.1, -0.05) is 11.8 Å². The fourth-order valence-corrected chi connectivity index (χ4v) is 2.89. The molecule has 1 saturated heterocycles. The number of alkyl halides is 2. The second-order valence-corrected chi connectivity index (χ2v) is 6.16. The number of piperidine rings is 1. The summed E-state index contributed by atoms with van der Waals surface area (Å²) in [6.07, 6.45) is 2.23. The average Bonchev–Trinajstić information content (AvgIpc) is 2.36. The lowest BCUT2D eigenvalue weighted by Crippen LogP contribution is -2.42. The maximum atomic E-state index is 12.2. The molecule has 0 amide bonds. The second-order valence-electron chi connectivity index (χ2n) is 5.10. The Morgan fingerprint density at radius 3 is 2.58 bits per heavy atom. The monoisotopic (exact) mass is 286 g/mol. The first-order valence-electron chi connectivity index (χ1n) is 6.56.